The molecule has 0 atom stereocenters. The van der Waals surface area contributed by atoms with Crippen molar-refractivity contribution in [2.45, 2.75) is 19.0 Å². The SMILES string of the molecule is O/C=C1\CCCN1c1ccc(C(F)(F)F)cc1. The number of halogens is 3. The van der Waals surface area contributed by atoms with E-state index in [1.807, 2.05) is 4.90 Å². The monoisotopic (exact) mass is 243 g/mol. The van der Waals surface area contributed by atoms with Gasteiger partial charge >= 0.3 is 6.18 Å². The lowest BCUT2D eigenvalue weighted by Crippen LogP contribution is -2.16. The third-order valence-electron chi connectivity index (χ3n) is 2.82. The standard InChI is InChI=1S/C12H12F3NO/c13-12(14,15)9-3-5-10(6-4-9)16-7-1-2-11(16)8-17/h3-6,8,17H,1-2,7H2/b11-8+. The molecule has 1 N–H and O–H groups in total. The van der Waals surface area contributed by atoms with Crippen molar-refractivity contribution in [3.05, 3.63) is 41.8 Å². The highest BCUT2D eigenvalue weighted by Gasteiger charge is 2.30. The Balaban J connectivity index is 2.24. The molecule has 1 aromatic rings. The first-order chi connectivity index (χ1) is 8.02. The zero-order chi connectivity index (χ0) is 12.5. The van der Waals surface area contributed by atoms with Gasteiger partial charge in [-0.25, -0.2) is 0 Å². The van der Waals surface area contributed by atoms with Gasteiger partial charge in [0.05, 0.1) is 17.5 Å². The van der Waals surface area contributed by atoms with Crippen LogP contribution in [0.4, 0.5) is 18.9 Å². The number of alkyl halides is 3. The molecule has 1 aliphatic heterocycles. The maximum Gasteiger partial charge on any atom is 0.416 e. The van der Waals surface area contributed by atoms with Gasteiger partial charge in [-0.05, 0) is 37.1 Å². The fraction of sp³-hybridized carbons (Fsp3) is 0.333. The summed E-state index contributed by atoms with van der Waals surface area (Å²) in [5.41, 5.74) is 0.760. The van der Waals surface area contributed by atoms with Crippen LogP contribution in [0, 0.1) is 0 Å². The lowest BCUT2D eigenvalue weighted by molar-refractivity contribution is -0.137. The van der Waals surface area contributed by atoms with Crippen molar-refractivity contribution in [1.82, 2.24) is 0 Å². The van der Waals surface area contributed by atoms with Crippen LogP contribution in [0.5, 0.6) is 0 Å². The van der Waals surface area contributed by atoms with E-state index in [4.69, 9.17) is 5.11 Å². The molecular formula is C12H12F3NO. The number of benzene rings is 1. The molecule has 0 amide bonds. The second-order valence-corrected chi connectivity index (χ2v) is 3.92. The molecule has 1 aromatic carbocycles. The zero-order valence-electron chi connectivity index (χ0n) is 9.04. The average Bonchev–Trinajstić information content (AvgIpc) is 2.76. The van der Waals surface area contributed by atoms with E-state index in [0.717, 1.165) is 43.5 Å². The fourth-order valence-corrected chi connectivity index (χ4v) is 1.96. The van der Waals surface area contributed by atoms with Gasteiger partial charge in [0.25, 0.3) is 0 Å². The van der Waals surface area contributed by atoms with Crippen molar-refractivity contribution < 1.29 is 18.3 Å². The van der Waals surface area contributed by atoms with Crippen LogP contribution < -0.4 is 4.90 Å². The number of aliphatic hydroxyl groups excluding tert-OH is 1. The maximum atomic E-state index is 12.4. The largest absolute Gasteiger partial charge is 0.514 e. The second-order valence-electron chi connectivity index (χ2n) is 3.92. The van der Waals surface area contributed by atoms with Gasteiger partial charge in [0.15, 0.2) is 0 Å². The molecule has 2 nitrogen and oxygen atoms in total. The number of aliphatic hydroxyl groups is 1. The quantitative estimate of drug-likeness (QED) is 0.760. The third kappa shape index (κ3) is 2.38. The molecule has 5 heteroatoms. The van der Waals surface area contributed by atoms with Crippen molar-refractivity contribution in [3.8, 4) is 0 Å². The van der Waals surface area contributed by atoms with E-state index in [1.54, 1.807) is 0 Å². The first kappa shape index (κ1) is 11.8. The Morgan fingerprint density at radius 1 is 1.18 bits per heavy atom. The summed E-state index contributed by atoms with van der Waals surface area (Å²) < 4.78 is 37.1. The van der Waals surface area contributed by atoms with Crippen LogP contribution in [0.3, 0.4) is 0 Å². The van der Waals surface area contributed by atoms with Gasteiger partial charge in [-0.15, -0.1) is 0 Å². The molecule has 2 rings (SSSR count). The molecule has 1 saturated heterocycles. The Bertz CT molecular complexity index is 422. The van der Waals surface area contributed by atoms with Crippen LogP contribution in [0.2, 0.25) is 0 Å². The highest BCUT2D eigenvalue weighted by atomic mass is 19.4. The molecule has 0 aliphatic carbocycles. The number of hydrogen-bond acceptors (Lipinski definition) is 2. The lowest BCUT2D eigenvalue weighted by Gasteiger charge is -2.19. The Morgan fingerprint density at radius 3 is 2.35 bits per heavy atom. The van der Waals surface area contributed by atoms with E-state index in [-0.39, 0.29) is 0 Å². The smallest absolute Gasteiger partial charge is 0.416 e. The Morgan fingerprint density at radius 2 is 1.82 bits per heavy atom. The molecule has 1 fully saturated rings. The second kappa shape index (κ2) is 4.31. The highest BCUT2D eigenvalue weighted by molar-refractivity contribution is 5.54. The van der Waals surface area contributed by atoms with Crippen LogP contribution in [0.1, 0.15) is 18.4 Å². The molecule has 17 heavy (non-hydrogen) atoms. The summed E-state index contributed by atoms with van der Waals surface area (Å²) in [4.78, 5) is 1.82. The molecule has 0 unspecified atom stereocenters. The Labute approximate surface area is 97.0 Å². The topological polar surface area (TPSA) is 23.5 Å². The number of nitrogens with zero attached hydrogens (tertiary/aromatic N) is 1. The van der Waals surface area contributed by atoms with Crippen molar-refractivity contribution >= 4 is 5.69 Å². The summed E-state index contributed by atoms with van der Waals surface area (Å²) in [7, 11) is 0. The van der Waals surface area contributed by atoms with E-state index in [2.05, 4.69) is 0 Å². The molecule has 0 bridgehead atoms. The van der Waals surface area contributed by atoms with E-state index in [9.17, 15) is 13.2 Å². The van der Waals surface area contributed by atoms with Crippen molar-refractivity contribution in [2.75, 3.05) is 11.4 Å². The average molecular weight is 243 g/mol. The van der Waals surface area contributed by atoms with Crippen molar-refractivity contribution in [3.63, 3.8) is 0 Å². The maximum absolute atomic E-state index is 12.4. The number of rotatable bonds is 1. The van der Waals surface area contributed by atoms with Crippen molar-refractivity contribution in [2.24, 2.45) is 0 Å². The Kier molecular flexibility index (Phi) is 3.00. The molecule has 92 valence electrons. The van der Waals surface area contributed by atoms with Gasteiger partial charge in [0, 0.05) is 12.2 Å². The third-order valence-corrected chi connectivity index (χ3v) is 2.82. The van der Waals surface area contributed by atoms with Crippen LogP contribution in [0.15, 0.2) is 36.2 Å². The van der Waals surface area contributed by atoms with Crippen LogP contribution >= 0.6 is 0 Å². The normalized spacial score (nSPS) is 19.0. The summed E-state index contributed by atoms with van der Waals surface area (Å²) in [5, 5.41) is 9.00. The molecule has 0 spiro atoms. The Hall–Kier alpha value is -1.65. The summed E-state index contributed by atoms with van der Waals surface area (Å²) >= 11 is 0. The first-order valence-corrected chi connectivity index (χ1v) is 5.30. The molecule has 1 aliphatic rings. The fourth-order valence-electron chi connectivity index (χ4n) is 1.96. The minimum atomic E-state index is -4.31. The van der Waals surface area contributed by atoms with Gasteiger partial charge in [-0.3, -0.25) is 0 Å². The van der Waals surface area contributed by atoms with E-state index >= 15 is 0 Å². The van der Waals surface area contributed by atoms with Crippen LogP contribution in [-0.2, 0) is 6.18 Å². The van der Waals surface area contributed by atoms with Crippen LogP contribution in [-0.4, -0.2) is 11.7 Å². The highest BCUT2D eigenvalue weighted by Crippen LogP contribution is 2.33. The summed E-state index contributed by atoms with van der Waals surface area (Å²) in [6, 6.07) is 4.97. The van der Waals surface area contributed by atoms with Gasteiger partial charge in [-0.2, -0.15) is 13.2 Å². The summed E-state index contributed by atoms with van der Waals surface area (Å²) in [6.45, 7) is 0.720. The minimum Gasteiger partial charge on any atom is -0.514 e. The van der Waals surface area contributed by atoms with Crippen molar-refractivity contribution in [1.29, 1.82) is 0 Å². The number of hydrogen-bond donors (Lipinski definition) is 1. The van der Waals surface area contributed by atoms with E-state index < -0.39 is 11.7 Å². The lowest BCUT2D eigenvalue weighted by atomic mass is 10.2. The van der Waals surface area contributed by atoms with Gasteiger partial charge < -0.3 is 10.0 Å². The van der Waals surface area contributed by atoms with Gasteiger partial charge in [-0.1, -0.05) is 0 Å². The van der Waals surface area contributed by atoms with E-state index in [1.165, 1.54) is 12.1 Å². The van der Waals surface area contributed by atoms with E-state index in [0.29, 0.717) is 5.69 Å². The predicted octanol–water partition coefficient (Wildman–Crippen LogP) is 3.71. The van der Waals surface area contributed by atoms with Gasteiger partial charge in [0.2, 0.25) is 0 Å². The first-order valence-electron chi connectivity index (χ1n) is 5.30. The molecule has 0 radical (unpaired) electrons. The minimum absolute atomic E-state index is 0.657. The zero-order valence-corrected chi connectivity index (χ0v) is 9.04. The van der Waals surface area contributed by atoms with Gasteiger partial charge in [0.1, 0.15) is 0 Å². The predicted molar refractivity (Wildman–Crippen MR) is 58.7 cm³/mol. The number of allylic oxidation sites excluding steroid dienone is 1. The summed E-state index contributed by atoms with van der Waals surface area (Å²) in [5.74, 6) is 0. The van der Waals surface area contributed by atoms with Crippen LogP contribution in [0.25, 0.3) is 0 Å². The number of anilines is 1. The molecule has 1 heterocycles. The molecule has 0 aromatic heterocycles. The molecule has 0 saturated carbocycles. The molecular weight excluding hydrogens is 231 g/mol. The summed E-state index contributed by atoms with van der Waals surface area (Å²) in [6.07, 6.45) is -1.64.